The first kappa shape index (κ1) is 18.7. The largest absolute Gasteiger partial charge is 0.481 e. The predicted molar refractivity (Wildman–Crippen MR) is 95.8 cm³/mol. The van der Waals surface area contributed by atoms with Crippen molar-refractivity contribution in [2.45, 2.75) is 26.2 Å². The Morgan fingerprint density at radius 2 is 1.88 bits per heavy atom. The Morgan fingerprint density at radius 1 is 1.16 bits per heavy atom. The fraction of sp³-hybridized carbons (Fsp3) is 0.278. The van der Waals surface area contributed by atoms with Crippen molar-refractivity contribution in [3.63, 3.8) is 0 Å². The number of aliphatic carboxylic acids is 1. The summed E-state index contributed by atoms with van der Waals surface area (Å²) in [6, 6.07) is 9.33. The number of hydrogen-bond acceptors (Lipinski definition) is 5. The molecule has 1 aromatic heterocycles. The van der Waals surface area contributed by atoms with Crippen LogP contribution in [0.5, 0.6) is 0 Å². The van der Waals surface area contributed by atoms with Crippen molar-refractivity contribution in [1.29, 1.82) is 0 Å². The van der Waals surface area contributed by atoms with E-state index in [1.54, 1.807) is 5.38 Å². The zero-order valence-corrected chi connectivity index (χ0v) is 14.6. The van der Waals surface area contributed by atoms with Gasteiger partial charge in [-0.2, -0.15) is 0 Å². The van der Waals surface area contributed by atoms with E-state index in [1.165, 1.54) is 11.3 Å². The molecular weight excluding hydrogens is 342 g/mol. The van der Waals surface area contributed by atoms with Gasteiger partial charge in [-0.25, -0.2) is 4.79 Å². The minimum Gasteiger partial charge on any atom is -0.481 e. The number of amides is 1. The van der Waals surface area contributed by atoms with E-state index >= 15 is 0 Å². The lowest BCUT2D eigenvalue weighted by atomic mass is 10.0. The average molecular weight is 361 g/mol. The summed E-state index contributed by atoms with van der Waals surface area (Å²) in [5.41, 5.74) is 1.82. The Labute approximate surface area is 149 Å². The molecule has 0 aliphatic carbocycles. The first-order valence-corrected chi connectivity index (χ1v) is 8.76. The number of hydrogen-bond donors (Lipinski definition) is 2. The molecule has 7 heteroatoms. The van der Waals surface area contributed by atoms with Gasteiger partial charge in [0, 0.05) is 17.4 Å². The maximum atomic E-state index is 12.5. The number of carbonyl (C=O) groups is 3. The van der Waals surface area contributed by atoms with Crippen molar-refractivity contribution in [2.24, 2.45) is 0 Å². The van der Waals surface area contributed by atoms with Crippen molar-refractivity contribution >= 4 is 34.2 Å². The Morgan fingerprint density at radius 3 is 2.52 bits per heavy atom. The molecule has 25 heavy (non-hydrogen) atoms. The summed E-state index contributed by atoms with van der Waals surface area (Å²) in [5.74, 6) is -2.00. The third-order valence-electron chi connectivity index (χ3n) is 3.34. The van der Waals surface area contributed by atoms with Gasteiger partial charge in [0.05, 0.1) is 13.0 Å². The van der Waals surface area contributed by atoms with E-state index in [0.29, 0.717) is 22.5 Å². The van der Waals surface area contributed by atoms with Crippen LogP contribution in [0.2, 0.25) is 0 Å². The van der Waals surface area contributed by atoms with Gasteiger partial charge in [0.2, 0.25) is 5.91 Å². The maximum Gasteiger partial charge on any atom is 0.341 e. The van der Waals surface area contributed by atoms with Gasteiger partial charge in [-0.15, -0.1) is 11.3 Å². The van der Waals surface area contributed by atoms with Crippen LogP contribution in [-0.2, 0) is 14.3 Å². The van der Waals surface area contributed by atoms with Crippen LogP contribution < -0.4 is 5.32 Å². The van der Waals surface area contributed by atoms with Crippen molar-refractivity contribution in [2.75, 3.05) is 11.9 Å². The molecule has 0 bridgehead atoms. The molecule has 1 amide bonds. The van der Waals surface area contributed by atoms with Gasteiger partial charge in [0.15, 0.2) is 0 Å². The topological polar surface area (TPSA) is 92.7 Å². The molecule has 6 nitrogen and oxygen atoms in total. The van der Waals surface area contributed by atoms with Crippen LogP contribution in [-0.4, -0.2) is 29.6 Å². The van der Waals surface area contributed by atoms with Crippen LogP contribution in [0.15, 0.2) is 35.7 Å². The van der Waals surface area contributed by atoms with E-state index in [9.17, 15) is 14.4 Å². The van der Waals surface area contributed by atoms with Crippen molar-refractivity contribution < 1.29 is 24.2 Å². The molecule has 0 aliphatic heterocycles. The molecule has 0 unspecified atom stereocenters. The summed E-state index contributed by atoms with van der Waals surface area (Å²) in [7, 11) is 0. The van der Waals surface area contributed by atoms with Crippen LogP contribution in [0.3, 0.4) is 0 Å². The second kappa shape index (κ2) is 8.98. The number of nitrogens with one attached hydrogen (secondary N) is 1. The van der Waals surface area contributed by atoms with Crippen LogP contribution in [0, 0.1) is 0 Å². The average Bonchev–Trinajstić information content (AvgIpc) is 3.02. The minimum absolute atomic E-state index is 0.155. The minimum atomic E-state index is -1.05. The molecule has 0 spiro atoms. The maximum absolute atomic E-state index is 12.5. The molecule has 2 N–H and O–H groups in total. The molecule has 0 radical (unpaired) electrons. The van der Waals surface area contributed by atoms with E-state index in [1.807, 2.05) is 37.3 Å². The van der Waals surface area contributed by atoms with Gasteiger partial charge in [-0.05, 0) is 12.0 Å². The Bertz CT molecular complexity index is 754. The molecule has 0 saturated carbocycles. The standard InChI is InChI=1S/C18H19NO5S/c1-2-10-24-18(23)16-13(12-6-4-3-5-7-12)11-25-17(16)19-14(20)8-9-15(21)22/h3-7,11H,2,8-10H2,1H3,(H,19,20)(H,21,22). The van der Waals surface area contributed by atoms with E-state index in [4.69, 9.17) is 9.84 Å². The van der Waals surface area contributed by atoms with Crippen LogP contribution in [0.4, 0.5) is 5.00 Å². The SMILES string of the molecule is CCCOC(=O)c1c(-c2ccccc2)csc1NC(=O)CCC(=O)O. The summed E-state index contributed by atoms with van der Waals surface area (Å²) in [6.07, 6.45) is 0.270. The monoisotopic (exact) mass is 361 g/mol. The summed E-state index contributed by atoms with van der Waals surface area (Å²) >= 11 is 1.22. The number of ether oxygens (including phenoxy) is 1. The summed E-state index contributed by atoms with van der Waals surface area (Å²) in [6.45, 7) is 2.18. The number of carboxylic acid groups (broad SMARTS) is 1. The second-order valence-electron chi connectivity index (χ2n) is 5.30. The first-order valence-electron chi connectivity index (χ1n) is 7.88. The summed E-state index contributed by atoms with van der Waals surface area (Å²) in [4.78, 5) is 35.0. The van der Waals surface area contributed by atoms with Gasteiger partial charge < -0.3 is 15.2 Å². The highest BCUT2D eigenvalue weighted by Gasteiger charge is 2.23. The summed E-state index contributed by atoms with van der Waals surface area (Å²) in [5, 5.41) is 13.5. The van der Waals surface area contributed by atoms with Gasteiger partial charge in [0.25, 0.3) is 0 Å². The number of esters is 1. The zero-order valence-electron chi connectivity index (χ0n) is 13.8. The second-order valence-corrected chi connectivity index (χ2v) is 6.18. The van der Waals surface area contributed by atoms with Gasteiger partial charge in [0.1, 0.15) is 10.6 Å². The summed E-state index contributed by atoms with van der Waals surface area (Å²) < 4.78 is 5.24. The number of carbonyl (C=O) groups excluding carboxylic acids is 2. The molecular formula is C18H19NO5S. The fourth-order valence-electron chi connectivity index (χ4n) is 2.16. The highest BCUT2D eigenvalue weighted by Crippen LogP contribution is 2.36. The molecule has 1 heterocycles. The van der Waals surface area contributed by atoms with E-state index < -0.39 is 17.8 Å². The van der Waals surface area contributed by atoms with Crippen LogP contribution in [0.1, 0.15) is 36.5 Å². The molecule has 0 aliphatic rings. The highest BCUT2D eigenvalue weighted by atomic mass is 32.1. The Kier molecular flexibility index (Phi) is 6.71. The lowest BCUT2D eigenvalue weighted by Crippen LogP contribution is -2.15. The number of anilines is 1. The molecule has 2 rings (SSSR count). The molecule has 132 valence electrons. The van der Waals surface area contributed by atoms with Gasteiger partial charge in [-0.3, -0.25) is 9.59 Å². The third-order valence-corrected chi connectivity index (χ3v) is 4.23. The number of carboxylic acids is 1. The lowest BCUT2D eigenvalue weighted by Gasteiger charge is -2.09. The predicted octanol–water partition coefficient (Wildman–Crippen LogP) is 3.79. The smallest absolute Gasteiger partial charge is 0.341 e. The molecule has 0 fully saturated rings. The van der Waals surface area contributed by atoms with E-state index in [0.717, 1.165) is 5.56 Å². The molecule has 2 aromatic rings. The number of benzene rings is 1. The van der Waals surface area contributed by atoms with Crippen molar-refractivity contribution in [3.8, 4) is 11.1 Å². The quantitative estimate of drug-likeness (QED) is 0.698. The van der Waals surface area contributed by atoms with E-state index in [2.05, 4.69) is 5.32 Å². The highest BCUT2D eigenvalue weighted by molar-refractivity contribution is 7.15. The number of thiophene rings is 1. The first-order chi connectivity index (χ1) is 12.0. The zero-order chi connectivity index (χ0) is 18.2. The molecule has 0 saturated heterocycles. The van der Waals surface area contributed by atoms with Gasteiger partial charge in [-0.1, -0.05) is 37.3 Å². The van der Waals surface area contributed by atoms with Crippen molar-refractivity contribution in [3.05, 3.63) is 41.3 Å². The number of rotatable bonds is 8. The lowest BCUT2D eigenvalue weighted by molar-refractivity contribution is -0.138. The van der Waals surface area contributed by atoms with Crippen molar-refractivity contribution in [1.82, 2.24) is 0 Å². The van der Waals surface area contributed by atoms with E-state index in [-0.39, 0.29) is 19.4 Å². The fourth-order valence-corrected chi connectivity index (χ4v) is 3.13. The molecule has 0 atom stereocenters. The van der Waals surface area contributed by atoms with Crippen LogP contribution >= 0.6 is 11.3 Å². The normalized spacial score (nSPS) is 10.3. The third kappa shape index (κ3) is 5.15. The Hall–Kier alpha value is -2.67. The molecule has 1 aromatic carbocycles. The van der Waals surface area contributed by atoms with Gasteiger partial charge >= 0.3 is 11.9 Å². The Balaban J connectivity index is 2.29. The van der Waals surface area contributed by atoms with Crippen LogP contribution in [0.25, 0.3) is 11.1 Å².